The largest absolute Gasteiger partial charge is 0.334 e. The zero-order valence-electron chi connectivity index (χ0n) is 32.4. The molecule has 0 N–H and O–H groups in total. The zero-order chi connectivity index (χ0) is 39.9. The molecular formula is C50H40ClN5O2S. The molecule has 0 spiro atoms. The summed E-state index contributed by atoms with van der Waals surface area (Å²) in [6, 6.07) is 43.0. The number of halogens is 1. The van der Waals surface area contributed by atoms with Crippen LogP contribution in [0.25, 0.3) is 44.1 Å². The monoisotopic (exact) mass is 809 g/mol. The molecule has 3 aliphatic rings. The number of hydrogen-bond acceptors (Lipinski definition) is 6. The topological polar surface area (TPSA) is 79.3 Å². The van der Waals surface area contributed by atoms with Gasteiger partial charge in [0.05, 0.1) is 22.2 Å². The van der Waals surface area contributed by atoms with E-state index in [0.29, 0.717) is 32.1 Å². The lowest BCUT2D eigenvalue weighted by Crippen LogP contribution is -2.26. The highest BCUT2D eigenvalue weighted by Crippen LogP contribution is 2.41. The molecule has 0 bridgehead atoms. The standard InChI is InChI=1S/C27H23N3O.C23H17ClN2OS/c31-27-26-21(5-3-6-23(26)20-12-14-28-25(16-20)19-8-9-19)17-30(27)15-13-22-11-10-18-4-1-2-7-24(18)29-22;24-22-19(11-13-28-22)18-6-3-5-16-14-26(23(27)21(16)18)12-10-17-9-8-15-4-1-2-7-20(15)25-17/h1-7,10-12,14,16,19H,8-9,13,15,17H2;1-9,11,13H,10,12,14H2. The number of rotatable bonds is 9. The minimum absolute atomic E-state index is 0.0775. The number of amides is 2. The molecule has 0 unspecified atom stereocenters. The lowest BCUT2D eigenvalue weighted by Gasteiger charge is -2.15. The van der Waals surface area contributed by atoms with Gasteiger partial charge in [0.15, 0.2) is 0 Å². The van der Waals surface area contributed by atoms with Crippen molar-refractivity contribution in [2.75, 3.05) is 13.1 Å². The van der Waals surface area contributed by atoms with E-state index < -0.39 is 0 Å². The van der Waals surface area contributed by atoms with Gasteiger partial charge >= 0.3 is 0 Å². The lowest BCUT2D eigenvalue weighted by molar-refractivity contribution is 0.0773. The number of pyridine rings is 3. The van der Waals surface area contributed by atoms with Crippen molar-refractivity contribution >= 4 is 56.6 Å². The maximum atomic E-state index is 13.3. The Morgan fingerprint density at radius 3 is 1.76 bits per heavy atom. The smallest absolute Gasteiger partial charge is 0.255 e. The molecule has 4 aromatic heterocycles. The van der Waals surface area contributed by atoms with Gasteiger partial charge in [-0.3, -0.25) is 24.5 Å². The summed E-state index contributed by atoms with van der Waals surface area (Å²) in [6.07, 6.45) is 5.81. The summed E-state index contributed by atoms with van der Waals surface area (Å²) < 4.78 is 0.722. The fourth-order valence-electron chi connectivity index (χ4n) is 8.36. The first-order valence-corrected chi connectivity index (χ1v) is 21.4. The number of thiophene rings is 1. The van der Waals surface area contributed by atoms with Crippen LogP contribution in [0.3, 0.4) is 0 Å². The van der Waals surface area contributed by atoms with Crippen LogP contribution in [0, 0.1) is 0 Å². The van der Waals surface area contributed by atoms with Crippen molar-refractivity contribution < 1.29 is 9.59 Å². The third kappa shape index (κ3) is 7.50. The van der Waals surface area contributed by atoms with Crippen LogP contribution in [0.2, 0.25) is 4.34 Å². The molecule has 0 radical (unpaired) electrons. The molecule has 4 aromatic carbocycles. The van der Waals surface area contributed by atoms with Crippen LogP contribution < -0.4 is 0 Å². The number of carbonyl (C=O) groups excluding carboxylic acids is 2. The molecule has 2 aliphatic heterocycles. The fraction of sp³-hybridized carbons (Fsp3) is 0.180. The minimum atomic E-state index is 0.0775. The number of aromatic nitrogens is 3. The summed E-state index contributed by atoms with van der Waals surface area (Å²) >= 11 is 7.82. The van der Waals surface area contributed by atoms with Crippen molar-refractivity contribution in [3.8, 4) is 22.3 Å². The molecular weight excluding hydrogens is 770 g/mol. The van der Waals surface area contributed by atoms with Gasteiger partial charge in [-0.2, -0.15) is 0 Å². The summed E-state index contributed by atoms with van der Waals surface area (Å²) in [5.41, 5.74) is 13.0. The predicted octanol–water partition coefficient (Wildman–Crippen LogP) is 11.2. The van der Waals surface area contributed by atoms with E-state index >= 15 is 0 Å². The third-order valence-corrected chi connectivity index (χ3v) is 12.8. The molecule has 9 heteroatoms. The van der Waals surface area contributed by atoms with E-state index in [-0.39, 0.29) is 11.8 Å². The summed E-state index contributed by atoms with van der Waals surface area (Å²) in [4.78, 5) is 44.4. The number of para-hydroxylation sites is 2. The molecule has 1 aliphatic carbocycles. The Bertz CT molecular complexity index is 2900. The number of carbonyl (C=O) groups is 2. The number of fused-ring (bicyclic) bond motifs is 4. The van der Waals surface area contributed by atoms with E-state index in [2.05, 4.69) is 59.6 Å². The van der Waals surface area contributed by atoms with E-state index in [1.54, 1.807) is 0 Å². The second-order valence-corrected chi connectivity index (χ2v) is 17.0. The Labute approximate surface area is 352 Å². The van der Waals surface area contributed by atoms with E-state index in [0.717, 1.165) is 101 Å². The van der Waals surface area contributed by atoms with Crippen LogP contribution in [-0.4, -0.2) is 49.7 Å². The first-order valence-electron chi connectivity index (χ1n) is 20.2. The Morgan fingerprint density at radius 1 is 0.610 bits per heavy atom. The van der Waals surface area contributed by atoms with Crippen molar-refractivity contribution in [2.45, 2.75) is 44.7 Å². The van der Waals surface area contributed by atoms with Gasteiger partial charge in [0, 0.05) is 84.6 Å². The van der Waals surface area contributed by atoms with Crippen molar-refractivity contribution in [1.29, 1.82) is 0 Å². The molecule has 8 aromatic rings. The number of nitrogens with zero attached hydrogens (tertiary/aromatic N) is 5. The molecule has 0 saturated heterocycles. The minimum Gasteiger partial charge on any atom is -0.334 e. The van der Waals surface area contributed by atoms with Crippen LogP contribution in [-0.2, 0) is 25.9 Å². The number of benzene rings is 4. The highest BCUT2D eigenvalue weighted by molar-refractivity contribution is 7.15. The predicted molar refractivity (Wildman–Crippen MR) is 237 cm³/mol. The van der Waals surface area contributed by atoms with Gasteiger partial charge in [0.1, 0.15) is 4.34 Å². The van der Waals surface area contributed by atoms with Gasteiger partial charge in [0.2, 0.25) is 0 Å². The second-order valence-electron chi connectivity index (χ2n) is 15.5. The zero-order valence-corrected chi connectivity index (χ0v) is 33.9. The van der Waals surface area contributed by atoms with E-state index in [1.807, 2.05) is 94.2 Å². The Kier molecular flexibility index (Phi) is 9.96. The Morgan fingerprint density at radius 2 is 1.19 bits per heavy atom. The van der Waals surface area contributed by atoms with E-state index in [4.69, 9.17) is 21.6 Å². The average Bonchev–Trinajstić information content (AvgIpc) is 3.86. The molecule has 59 heavy (non-hydrogen) atoms. The fourth-order valence-corrected chi connectivity index (χ4v) is 9.31. The highest BCUT2D eigenvalue weighted by atomic mass is 35.5. The van der Waals surface area contributed by atoms with Gasteiger partial charge in [0.25, 0.3) is 11.8 Å². The normalized spacial score (nSPS) is 14.5. The van der Waals surface area contributed by atoms with Gasteiger partial charge in [-0.15, -0.1) is 11.3 Å². The van der Waals surface area contributed by atoms with Crippen LogP contribution in [0.15, 0.2) is 139 Å². The maximum absolute atomic E-state index is 13.3. The van der Waals surface area contributed by atoms with Gasteiger partial charge in [-0.1, -0.05) is 96.5 Å². The Hall–Kier alpha value is -6.22. The summed E-state index contributed by atoms with van der Waals surface area (Å²) in [5.74, 6) is 0.795. The van der Waals surface area contributed by atoms with E-state index in [1.165, 1.54) is 24.2 Å². The first kappa shape index (κ1) is 37.1. The van der Waals surface area contributed by atoms with Crippen molar-refractivity contribution in [3.63, 3.8) is 0 Å². The summed E-state index contributed by atoms with van der Waals surface area (Å²) in [6.45, 7) is 2.62. The third-order valence-electron chi connectivity index (χ3n) is 11.6. The van der Waals surface area contributed by atoms with Crippen molar-refractivity contribution in [3.05, 3.63) is 183 Å². The molecule has 290 valence electrons. The van der Waals surface area contributed by atoms with Gasteiger partial charge in [-0.05, 0) is 88.5 Å². The van der Waals surface area contributed by atoms with Crippen LogP contribution >= 0.6 is 22.9 Å². The van der Waals surface area contributed by atoms with Gasteiger partial charge in [-0.25, -0.2) is 0 Å². The lowest BCUT2D eigenvalue weighted by atomic mass is 9.96. The van der Waals surface area contributed by atoms with Crippen LogP contribution in [0.5, 0.6) is 0 Å². The molecule has 1 fully saturated rings. The molecule has 6 heterocycles. The maximum Gasteiger partial charge on any atom is 0.255 e. The summed E-state index contributed by atoms with van der Waals surface area (Å²) in [5, 5.41) is 4.23. The van der Waals surface area contributed by atoms with Crippen LogP contribution in [0.4, 0.5) is 0 Å². The van der Waals surface area contributed by atoms with Crippen LogP contribution in [0.1, 0.15) is 67.7 Å². The summed E-state index contributed by atoms with van der Waals surface area (Å²) in [7, 11) is 0. The second kappa shape index (κ2) is 15.9. The molecule has 7 nitrogen and oxygen atoms in total. The molecule has 1 saturated carbocycles. The van der Waals surface area contributed by atoms with Crippen molar-refractivity contribution in [2.24, 2.45) is 0 Å². The van der Waals surface area contributed by atoms with Gasteiger partial charge < -0.3 is 9.80 Å². The quantitative estimate of drug-likeness (QED) is 0.145. The molecule has 2 amide bonds. The van der Waals surface area contributed by atoms with E-state index in [9.17, 15) is 9.59 Å². The SMILES string of the molecule is O=C1c2c(cccc2-c2ccnc(C3CC3)c2)CN1CCc1ccc2ccccc2n1.O=C1c2c(cccc2-c2ccsc2Cl)CN1CCc1ccc2ccccc2n1. The first-order chi connectivity index (χ1) is 29.0. The molecule has 0 atom stereocenters. The average molecular weight is 810 g/mol. The Balaban J connectivity index is 0.000000143. The molecule has 11 rings (SSSR count). The number of hydrogen-bond donors (Lipinski definition) is 0. The van der Waals surface area contributed by atoms with Crippen molar-refractivity contribution in [1.82, 2.24) is 24.8 Å². The highest BCUT2D eigenvalue weighted by Gasteiger charge is 2.32.